The Balaban J connectivity index is 1.41. The normalized spacial score (nSPS) is 13.6. The molecule has 552 valence electrons. The fraction of sp³-hybridized carbons (Fsp3) is 0.532. The second-order valence-electron chi connectivity index (χ2n) is 27.0. The number of esters is 1. The number of aryl methyl sites for hydroxylation is 1. The molecular formula is C77H108N9O15-. The minimum absolute atomic E-state index is 0.00200. The molecule has 101 heavy (non-hydrogen) atoms. The number of carbonyl (C=O) groups is 11. The van der Waals surface area contributed by atoms with Gasteiger partial charge in [-0.05, 0) is 122 Å². The van der Waals surface area contributed by atoms with E-state index < -0.39 is 88.9 Å². The zero-order chi connectivity index (χ0) is 74.7. The molecule has 4 aromatic rings. The molecule has 0 aliphatic carbocycles. The molecule has 0 aliphatic heterocycles. The van der Waals surface area contributed by atoms with Gasteiger partial charge in [0.25, 0.3) is 0 Å². The highest BCUT2D eigenvalue weighted by atomic mass is 16.6. The SMILES string of the molecule is CCC(C)[C@H](NC(=O)[C@@H](C)Cc1ccc(C)cc1)C(=O)N[C@@H](CCC([O-])=NC(c1ccccc1)(c1ccccc1)c1ccccc1)C(=O)N[C@@H](CC(C)=O)C(=O)NCCOCCOCCNC(=O)CC[C@@H](C(C)=O)N(CCN(CC(C)=O)CC(C)=O)CCN(CC(C)=O)CC(=O)OC(C)(C)C. The van der Waals surface area contributed by atoms with Gasteiger partial charge in [-0.25, -0.2) is 0 Å². The number of nitrogens with one attached hydrogen (secondary N) is 5. The number of hydrogen-bond acceptors (Lipinski definition) is 19. The maximum atomic E-state index is 14.7. The van der Waals surface area contributed by atoms with Crippen molar-refractivity contribution in [3.63, 3.8) is 0 Å². The van der Waals surface area contributed by atoms with Crippen LogP contribution in [0.1, 0.15) is 143 Å². The number of rotatable bonds is 48. The average Bonchev–Trinajstić information content (AvgIpc) is 0.759. The molecule has 0 aromatic heterocycles. The number of Topliss-reactive ketones (excluding diaryl/α,β-unsaturated/α-hetero) is 5. The Morgan fingerprint density at radius 3 is 1.49 bits per heavy atom. The minimum Gasteiger partial charge on any atom is -0.862 e. The topological polar surface area (TPSA) is 321 Å². The van der Waals surface area contributed by atoms with Crippen LogP contribution in [0.15, 0.2) is 120 Å². The Labute approximate surface area is 596 Å². The van der Waals surface area contributed by atoms with Gasteiger partial charge in [-0.3, -0.25) is 72.4 Å². The maximum Gasteiger partial charge on any atom is 0.320 e. The van der Waals surface area contributed by atoms with Gasteiger partial charge in [0.1, 0.15) is 58.2 Å². The molecule has 0 saturated carbocycles. The molecule has 4 aromatic carbocycles. The summed E-state index contributed by atoms with van der Waals surface area (Å²) >= 11 is 0. The van der Waals surface area contributed by atoms with E-state index >= 15 is 0 Å². The molecule has 0 saturated heterocycles. The number of ketones is 5. The Morgan fingerprint density at radius 1 is 0.535 bits per heavy atom. The Kier molecular flexibility index (Phi) is 36.8. The van der Waals surface area contributed by atoms with Crippen LogP contribution in [-0.4, -0.2) is 207 Å². The van der Waals surface area contributed by atoms with Gasteiger partial charge in [0.15, 0.2) is 0 Å². The zero-order valence-electron chi connectivity index (χ0n) is 61.2. The minimum atomic E-state index is -1.47. The van der Waals surface area contributed by atoms with Crippen LogP contribution >= 0.6 is 0 Å². The first-order valence-corrected chi connectivity index (χ1v) is 34.9. The van der Waals surface area contributed by atoms with Crippen LogP contribution in [0.2, 0.25) is 0 Å². The molecule has 0 radical (unpaired) electrons. The summed E-state index contributed by atoms with van der Waals surface area (Å²) in [6.45, 7) is 20.5. The van der Waals surface area contributed by atoms with Crippen molar-refractivity contribution >= 4 is 70.3 Å². The highest BCUT2D eigenvalue weighted by molar-refractivity contribution is 5.96. The predicted molar refractivity (Wildman–Crippen MR) is 384 cm³/mol. The van der Waals surface area contributed by atoms with Crippen molar-refractivity contribution in [2.45, 2.75) is 163 Å². The third kappa shape index (κ3) is 31.4. The predicted octanol–water partition coefficient (Wildman–Crippen LogP) is 5.20. The van der Waals surface area contributed by atoms with E-state index in [9.17, 15) is 57.8 Å². The molecule has 0 bridgehead atoms. The van der Waals surface area contributed by atoms with Gasteiger partial charge in [-0.2, -0.15) is 0 Å². The highest BCUT2D eigenvalue weighted by Crippen LogP contribution is 2.41. The van der Waals surface area contributed by atoms with E-state index in [0.29, 0.717) is 29.5 Å². The molecule has 4 rings (SSSR count). The lowest BCUT2D eigenvalue weighted by Gasteiger charge is -2.34. The first kappa shape index (κ1) is 84.7. The molecule has 0 fully saturated rings. The molecule has 0 spiro atoms. The molecule has 1 unspecified atom stereocenters. The summed E-state index contributed by atoms with van der Waals surface area (Å²) in [5.74, 6) is -6.22. The number of benzene rings is 4. The van der Waals surface area contributed by atoms with Crippen molar-refractivity contribution in [3.8, 4) is 0 Å². The molecule has 24 heteroatoms. The van der Waals surface area contributed by atoms with Gasteiger partial charge in [0.05, 0.1) is 58.6 Å². The van der Waals surface area contributed by atoms with Crippen LogP contribution in [0.3, 0.4) is 0 Å². The van der Waals surface area contributed by atoms with Crippen LogP contribution in [0.25, 0.3) is 0 Å². The summed E-state index contributed by atoms with van der Waals surface area (Å²) in [5.41, 5.74) is 2.04. The fourth-order valence-corrected chi connectivity index (χ4v) is 11.6. The first-order valence-electron chi connectivity index (χ1n) is 34.9. The van der Waals surface area contributed by atoms with Crippen molar-refractivity contribution in [2.75, 3.05) is 91.9 Å². The van der Waals surface area contributed by atoms with E-state index in [-0.39, 0.29) is 153 Å². The van der Waals surface area contributed by atoms with E-state index in [1.807, 2.05) is 134 Å². The average molecular weight is 1400 g/mol. The van der Waals surface area contributed by atoms with E-state index in [0.717, 1.165) is 11.1 Å². The number of nitrogens with zero attached hydrogens (tertiary/aromatic N) is 4. The summed E-state index contributed by atoms with van der Waals surface area (Å²) in [6, 6.07) is 31.1. The smallest absolute Gasteiger partial charge is 0.320 e. The van der Waals surface area contributed by atoms with Crippen LogP contribution in [0, 0.1) is 18.8 Å². The zero-order valence-corrected chi connectivity index (χ0v) is 61.2. The molecule has 6 atom stereocenters. The van der Waals surface area contributed by atoms with E-state index in [2.05, 4.69) is 26.6 Å². The molecule has 5 amide bonds. The standard InChI is InChI=1S/C77H109N9O15/c1-13-54(3)71(82-72(95)55(4)47-61-31-29-53(2)30-32-61)75(98)80-65(33-35-69(93)83-77(62-23-17-14-18-24-62,63-25-19-15-20-26-63)64-27-21-16-22-28-64)74(97)81-66(48-56(5)87)73(96)79-38-44-100-46-45-99-43-37-78-68(92)36-34-67(60(9)91)86(41-39-84(49-57(6)88)50-58(7)89)42-40-85(51-59(8)90)52-70(94)101-76(10,11)12/h14-32,54-55,65-67,71H,13,33-52H2,1-12H3,(H,78,92)(H,79,96)(H,80,98)(H,81,97)(H,82,95)(H,83,93)/p-1/t54?,55-,65-,66-,67-,71-/m0/s1. The molecule has 0 aliphatic rings. The highest BCUT2D eigenvalue weighted by Gasteiger charge is 2.37. The number of hydrogen-bond donors (Lipinski definition) is 5. The quantitative estimate of drug-likeness (QED) is 0.0125. The van der Waals surface area contributed by atoms with Gasteiger partial charge in [-0.15, -0.1) is 0 Å². The second-order valence-corrected chi connectivity index (χ2v) is 27.0. The monoisotopic (exact) mass is 1400 g/mol. The number of ether oxygens (including phenoxy) is 3. The third-order valence-electron chi connectivity index (χ3n) is 16.7. The van der Waals surface area contributed by atoms with Gasteiger partial charge >= 0.3 is 5.97 Å². The largest absolute Gasteiger partial charge is 0.862 e. The fourth-order valence-electron chi connectivity index (χ4n) is 11.6. The van der Waals surface area contributed by atoms with E-state index in [4.69, 9.17) is 19.2 Å². The van der Waals surface area contributed by atoms with Crippen LogP contribution in [0.4, 0.5) is 0 Å². The van der Waals surface area contributed by atoms with Gasteiger partial charge in [-0.1, -0.05) is 148 Å². The summed E-state index contributed by atoms with van der Waals surface area (Å²) in [7, 11) is 0. The van der Waals surface area contributed by atoms with E-state index in [1.165, 1.54) is 34.6 Å². The lowest BCUT2D eigenvalue weighted by molar-refractivity contribution is -0.220. The van der Waals surface area contributed by atoms with Gasteiger partial charge in [0.2, 0.25) is 29.5 Å². The number of aliphatic imine (C=N–C) groups is 1. The van der Waals surface area contributed by atoms with Crippen LogP contribution < -0.4 is 31.7 Å². The number of amides is 5. The van der Waals surface area contributed by atoms with Gasteiger partial charge in [0, 0.05) is 58.0 Å². The van der Waals surface area contributed by atoms with Crippen LogP contribution in [-0.2, 0) is 78.9 Å². The first-order chi connectivity index (χ1) is 47.9. The second kappa shape index (κ2) is 43.9. The Bertz CT molecular complexity index is 3230. The number of carbonyl (C=O) groups excluding carboxylic acids is 11. The van der Waals surface area contributed by atoms with Crippen molar-refractivity contribution < 1.29 is 72.1 Å². The maximum absolute atomic E-state index is 14.7. The lowest BCUT2D eigenvalue weighted by atomic mass is 9.77. The van der Waals surface area contributed by atoms with Crippen molar-refractivity contribution in [2.24, 2.45) is 16.8 Å². The van der Waals surface area contributed by atoms with Gasteiger partial charge < -0.3 is 45.9 Å². The molecule has 5 N–H and O–H groups in total. The van der Waals surface area contributed by atoms with Crippen LogP contribution in [0.5, 0.6) is 0 Å². The summed E-state index contributed by atoms with van der Waals surface area (Å²) in [5, 5.41) is 28.5. The molecule has 0 heterocycles. The Morgan fingerprint density at radius 2 is 1.02 bits per heavy atom. The van der Waals surface area contributed by atoms with E-state index in [1.54, 1.807) is 44.4 Å². The molecular weight excluding hydrogens is 1290 g/mol. The lowest BCUT2D eigenvalue weighted by Crippen LogP contribution is -2.58. The summed E-state index contributed by atoms with van der Waals surface area (Å²) < 4.78 is 16.9. The third-order valence-corrected chi connectivity index (χ3v) is 16.7. The van der Waals surface area contributed by atoms with Crippen molar-refractivity contribution in [1.82, 2.24) is 41.3 Å². The summed E-state index contributed by atoms with van der Waals surface area (Å²) in [6.07, 6.45) is -0.119. The van der Waals surface area contributed by atoms with Crippen molar-refractivity contribution in [3.05, 3.63) is 143 Å². The van der Waals surface area contributed by atoms with Crippen molar-refractivity contribution in [1.29, 1.82) is 0 Å². The molecule has 24 nitrogen and oxygen atoms in total. The Hall–Kier alpha value is -8.68. The summed E-state index contributed by atoms with van der Waals surface area (Å²) in [4.78, 5) is 156.